The van der Waals surface area contributed by atoms with Crippen LogP contribution in [0.4, 0.5) is 0 Å². The Balaban J connectivity index is 0.00000220. The standard InChI is InChI=1S/C18H29NO.ClH/c1-18(2,3)15-11-9-13(10-12-15)16(19)17(20)14-7-5-4-6-8-14;/h9-12,14,16-17,20H,4-8,19H2,1-3H3;1H/t16-,17+;/m0./s1. The highest BCUT2D eigenvalue weighted by atomic mass is 35.5. The van der Waals surface area contributed by atoms with E-state index in [4.69, 9.17) is 5.73 Å². The van der Waals surface area contributed by atoms with Gasteiger partial charge in [0.05, 0.1) is 12.1 Å². The van der Waals surface area contributed by atoms with E-state index in [-0.39, 0.29) is 23.9 Å². The van der Waals surface area contributed by atoms with Crippen LogP contribution in [0.25, 0.3) is 0 Å². The van der Waals surface area contributed by atoms with E-state index in [9.17, 15) is 5.11 Å². The summed E-state index contributed by atoms with van der Waals surface area (Å²) in [6, 6.07) is 8.19. The van der Waals surface area contributed by atoms with Gasteiger partial charge in [0.25, 0.3) is 0 Å². The molecule has 0 spiro atoms. The minimum Gasteiger partial charge on any atom is -0.391 e. The zero-order valence-corrected chi connectivity index (χ0v) is 14.3. The predicted molar refractivity (Wildman–Crippen MR) is 91.9 cm³/mol. The SMILES string of the molecule is CC(C)(C)c1ccc([C@H](N)[C@H](O)C2CCCCC2)cc1.Cl. The number of hydrogen-bond acceptors (Lipinski definition) is 2. The number of halogens is 1. The first-order valence-corrected chi connectivity index (χ1v) is 7.93. The van der Waals surface area contributed by atoms with Crippen molar-refractivity contribution >= 4 is 12.4 Å². The van der Waals surface area contributed by atoms with Crippen LogP contribution in [0, 0.1) is 5.92 Å². The molecule has 0 bridgehead atoms. The monoisotopic (exact) mass is 311 g/mol. The summed E-state index contributed by atoms with van der Waals surface area (Å²) in [5.41, 5.74) is 8.79. The van der Waals surface area contributed by atoms with E-state index in [2.05, 4.69) is 45.0 Å². The fraction of sp³-hybridized carbons (Fsp3) is 0.667. The van der Waals surface area contributed by atoms with Crippen molar-refractivity contribution in [3.8, 4) is 0 Å². The van der Waals surface area contributed by atoms with E-state index in [0.717, 1.165) is 18.4 Å². The summed E-state index contributed by atoms with van der Waals surface area (Å²) in [7, 11) is 0. The normalized spacial score (nSPS) is 19.7. The molecule has 0 aliphatic heterocycles. The zero-order chi connectivity index (χ0) is 14.8. The van der Waals surface area contributed by atoms with Gasteiger partial charge in [0, 0.05) is 0 Å². The molecule has 3 N–H and O–H groups in total. The second-order valence-corrected chi connectivity index (χ2v) is 7.29. The molecule has 0 unspecified atom stereocenters. The van der Waals surface area contributed by atoms with Gasteiger partial charge in [-0.2, -0.15) is 0 Å². The van der Waals surface area contributed by atoms with E-state index < -0.39 is 6.10 Å². The summed E-state index contributed by atoms with van der Waals surface area (Å²) in [5, 5.41) is 10.5. The average molecular weight is 312 g/mol. The van der Waals surface area contributed by atoms with Crippen molar-refractivity contribution < 1.29 is 5.11 Å². The molecular formula is C18H30ClNO. The molecule has 1 fully saturated rings. The Labute approximate surface area is 135 Å². The molecule has 1 aromatic rings. The Hall–Kier alpha value is -0.570. The maximum absolute atomic E-state index is 10.5. The Bertz CT molecular complexity index is 418. The number of hydrogen-bond donors (Lipinski definition) is 2. The summed E-state index contributed by atoms with van der Waals surface area (Å²) in [5.74, 6) is 0.376. The van der Waals surface area contributed by atoms with Crippen LogP contribution in [0.3, 0.4) is 0 Å². The molecule has 0 saturated heterocycles. The third-order valence-corrected chi connectivity index (χ3v) is 4.66. The lowest BCUT2D eigenvalue weighted by Crippen LogP contribution is -2.34. The topological polar surface area (TPSA) is 46.2 Å². The van der Waals surface area contributed by atoms with Crippen LogP contribution in [0.2, 0.25) is 0 Å². The maximum atomic E-state index is 10.5. The number of aliphatic hydroxyl groups excluding tert-OH is 1. The van der Waals surface area contributed by atoms with E-state index in [1.807, 2.05) is 0 Å². The van der Waals surface area contributed by atoms with Crippen LogP contribution in [-0.2, 0) is 5.41 Å². The zero-order valence-electron chi connectivity index (χ0n) is 13.5. The molecule has 2 nitrogen and oxygen atoms in total. The lowest BCUT2D eigenvalue weighted by atomic mass is 9.80. The minimum absolute atomic E-state index is 0. The van der Waals surface area contributed by atoms with Crippen molar-refractivity contribution in [3.05, 3.63) is 35.4 Å². The quantitative estimate of drug-likeness (QED) is 0.872. The van der Waals surface area contributed by atoms with E-state index in [1.165, 1.54) is 24.8 Å². The van der Waals surface area contributed by atoms with Crippen molar-refractivity contribution in [1.29, 1.82) is 0 Å². The Morgan fingerprint density at radius 3 is 2.05 bits per heavy atom. The molecule has 21 heavy (non-hydrogen) atoms. The van der Waals surface area contributed by atoms with Gasteiger partial charge in [0.2, 0.25) is 0 Å². The first kappa shape index (κ1) is 18.5. The number of benzene rings is 1. The van der Waals surface area contributed by atoms with Crippen molar-refractivity contribution in [3.63, 3.8) is 0 Å². The molecule has 120 valence electrons. The smallest absolute Gasteiger partial charge is 0.0760 e. The maximum Gasteiger partial charge on any atom is 0.0760 e. The third-order valence-electron chi connectivity index (χ3n) is 4.66. The van der Waals surface area contributed by atoms with Gasteiger partial charge < -0.3 is 10.8 Å². The molecule has 0 heterocycles. The van der Waals surface area contributed by atoms with Gasteiger partial charge in [-0.25, -0.2) is 0 Å². The lowest BCUT2D eigenvalue weighted by molar-refractivity contribution is 0.0618. The van der Waals surface area contributed by atoms with Gasteiger partial charge in [-0.15, -0.1) is 12.4 Å². The molecule has 1 aliphatic rings. The van der Waals surface area contributed by atoms with Crippen molar-refractivity contribution in [2.75, 3.05) is 0 Å². The summed E-state index contributed by atoms with van der Waals surface area (Å²) in [4.78, 5) is 0. The molecule has 1 aliphatic carbocycles. The van der Waals surface area contributed by atoms with Gasteiger partial charge >= 0.3 is 0 Å². The summed E-state index contributed by atoms with van der Waals surface area (Å²) in [6.45, 7) is 6.62. The average Bonchev–Trinajstić information content (AvgIpc) is 2.46. The molecule has 0 radical (unpaired) electrons. The van der Waals surface area contributed by atoms with Crippen molar-refractivity contribution in [1.82, 2.24) is 0 Å². The highest BCUT2D eigenvalue weighted by Gasteiger charge is 2.27. The van der Waals surface area contributed by atoms with Crippen LogP contribution in [0.15, 0.2) is 24.3 Å². The molecular weight excluding hydrogens is 282 g/mol. The van der Waals surface area contributed by atoms with Crippen LogP contribution < -0.4 is 5.73 Å². The Morgan fingerprint density at radius 2 is 1.57 bits per heavy atom. The fourth-order valence-electron chi connectivity index (χ4n) is 3.17. The molecule has 1 aromatic carbocycles. The van der Waals surface area contributed by atoms with Gasteiger partial charge in [-0.05, 0) is 35.3 Å². The first-order chi connectivity index (χ1) is 9.39. The largest absolute Gasteiger partial charge is 0.391 e. The van der Waals surface area contributed by atoms with Crippen LogP contribution in [-0.4, -0.2) is 11.2 Å². The predicted octanol–water partition coefficient (Wildman–Crippen LogP) is 4.35. The number of nitrogens with two attached hydrogens (primary N) is 1. The van der Waals surface area contributed by atoms with Gasteiger partial charge in [0.15, 0.2) is 0 Å². The summed E-state index contributed by atoms with van der Waals surface area (Å²) in [6.07, 6.45) is 5.60. The minimum atomic E-state index is -0.407. The number of aliphatic hydroxyl groups is 1. The molecule has 2 atom stereocenters. The molecule has 2 rings (SSSR count). The fourth-order valence-corrected chi connectivity index (χ4v) is 3.17. The van der Waals surface area contributed by atoms with Crippen LogP contribution >= 0.6 is 12.4 Å². The first-order valence-electron chi connectivity index (χ1n) is 7.93. The highest BCUT2D eigenvalue weighted by molar-refractivity contribution is 5.85. The van der Waals surface area contributed by atoms with Gasteiger partial charge in [-0.3, -0.25) is 0 Å². The Kier molecular flexibility index (Phi) is 6.71. The van der Waals surface area contributed by atoms with E-state index >= 15 is 0 Å². The molecule has 0 aromatic heterocycles. The van der Waals surface area contributed by atoms with Crippen molar-refractivity contribution in [2.45, 2.75) is 70.4 Å². The van der Waals surface area contributed by atoms with E-state index in [1.54, 1.807) is 0 Å². The van der Waals surface area contributed by atoms with Gasteiger partial charge in [0.1, 0.15) is 0 Å². The lowest BCUT2D eigenvalue weighted by Gasteiger charge is -2.31. The molecule has 0 amide bonds. The van der Waals surface area contributed by atoms with E-state index in [0.29, 0.717) is 5.92 Å². The molecule has 3 heteroatoms. The third kappa shape index (κ3) is 4.70. The number of rotatable bonds is 3. The van der Waals surface area contributed by atoms with Gasteiger partial charge in [-0.1, -0.05) is 64.3 Å². The highest BCUT2D eigenvalue weighted by Crippen LogP contribution is 2.32. The molecule has 1 saturated carbocycles. The second kappa shape index (κ2) is 7.62. The Morgan fingerprint density at radius 1 is 1.05 bits per heavy atom. The van der Waals surface area contributed by atoms with Crippen LogP contribution in [0.5, 0.6) is 0 Å². The van der Waals surface area contributed by atoms with Crippen molar-refractivity contribution in [2.24, 2.45) is 11.7 Å². The van der Waals surface area contributed by atoms with Crippen LogP contribution in [0.1, 0.15) is 70.0 Å². The summed E-state index contributed by atoms with van der Waals surface area (Å²) >= 11 is 0. The second-order valence-electron chi connectivity index (χ2n) is 7.29. The summed E-state index contributed by atoms with van der Waals surface area (Å²) < 4.78 is 0.